The third-order valence-corrected chi connectivity index (χ3v) is 8.15. The van der Waals surface area contributed by atoms with Crippen LogP contribution in [0.15, 0.2) is 48.5 Å². The van der Waals surface area contributed by atoms with E-state index >= 15 is 4.39 Å². The minimum atomic E-state index is -1.67. The van der Waals surface area contributed by atoms with Crippen LogP contribution in [0.3, 0.4) is 0 Å². The molecular formula is C33H36F4O2. The maximum atomic E-state index is 15.4. The monoisotopic (exact) mass is 540 g/mol. The molecule has 0 aromatic heterocycles. The van der Waals surface area contributed by atoms with E-state index in [2.05, 4.69) is 6.92 Å². The zero-order valence-electron chi connectivity index (χ0n) is 22.4. The maximum absolute atomic E-state index is 15.4. The lowest BCUT2D eigenvalue weighted by molar-refractivity contribution is 0.0692. The van der Waals surface area contributed by atoms with E-state index in [-0.39, 0.29) is 16.7 Å². The van der Waals surface area contributed by atoms with Gasteiger partial charge in [0.1, 0.15) is 5.82 Å². The summed E-state index contributed by atoms with van der Waals surface area (Å²) < 4.78 is 57.0. The van der Waals surface area contributed by atoms with Gasteiger partial charge in [-0.15, -0.1) is 0 Å². The first-order valence-corrected chi connectivity index (χ1v) is 14.1. The van der Waals surface area contributed by atoms with Gasteiger partial charge in [0.05, 0.1) is 5.56 Å². The summed E-state index contributed by atoms with van der Waals surface area (Å²) in [5.74, 6) is -6.01. The first-order valence-electron chi connectivity index (χ1n) is 14.1. The zero-order valence-corrected chi connectivity index (χ0v) is 22.4. The van der Waals surface area contributed by atoms with Crippen molar-refractivity contribution in [3.05, 3.63) is 82.9 Å². The molecule has 3 aromatic rings. The molecule has 0 heterocycles. The number of carboxylic acid groups (broad SMARTS) is 1. The van der Waals surface area contributed by atoms with Crippen LogP contribution in [0.1, 0.15) is 99.4 Å². The van der Waals surface area contributed by atoms with E-state index in [1.54, 1.807) is 0 Å². The molecule has 0 bridgehead atoms. The highest BCUT2D eigenvalue weighted by Gasteiger charge is 2.24. The average Bonchev–Trinajstić information content (AvgIpc) is 2.93. The molecule has 0 radical (unpaired) electrons. The lowest BCUT2D eigenvalue weighted by Gasteiger charge is -2.29. The molecule has 0 spiro atoms. The first-order chi connectivity index (χ1) is 18.8. The molecule has 1 saturated carbocycles. The second kappa shape index (κ2) is 13.3. The van der Waals surface area contributed by atoms with Crippen molar-refractivity contribution in [2.24, 2.45) is 5.92 Å². The van der Waals surface area contributed by atoms with Crippen molar-refractivity contribution in [2.45, 2.75) is 83.5 Å². The van der Waals surface area contributed by atoms with E-state index in [0.29, 0.717) is 23.6 Å². The Labute approximate surface area is 228 Å². The third-order valence-electron chi connectivity index (χ3n) is 8.15. The molecule has 6 heteroatoms. The second-order valence-electron chi connectivity index (χ2n) is 10.8. The minimum Gasteiger partial charge on any atom is -0.478 e. The molecule has 3 aromatic carbocycles. The van der Waals surface area contributed by atoms with Crippen molar-refractivity contribution in [1.82, 2.24) is 0 Å². The van der Waals surface area contributed by atoms with Gasteiger partial charge in [-0.05, 0) is 78.0 Å². The van der Waals surface area contributed by atoms with Crippen LogP contribution in [0.4, 0.5) is 17.6 Å². The summed E-state index contributed by atoms with van der Waals surface area (Å²) in [6.45, 7) is 2.24. The lowest BCUT2D eigenvalue weighted by Crippen LogP contribution is -2.13. The van der Waals surface area contributed by atoms with Gasteiger partial charge in [-0.3, -0.25) is 0 Å². The van der Waals surface area contributed by atoms with E-state index in [4.69, 9.17) is 0 Å². The molecule has 1 N–H and O–H groups in total. The summed E-state index contributed by atoms with van der Waals surface area (Å²) >= 11 is 0. The summed E-state index contributed by atoms with van der Waals surface area (Å²) in [6, 6.07) is 11.6. The van der Waals surface area contributed by atoms with Crippen LogP contribution in [0.2, 0.25) is 0 Å². The highest BCUT2D eigenvalue weighted by Crippen LogP contribution is 2.40. The molecule has 208 valence electrons. The average molecular weight is 541 g/mol. The molecule has 39 heavy (non-hydrogen) atoms. The number of benzene rings is 3. The number of unbranched alkanes of at least 4 members (excludes halogenated alkanes) is 5. The fourth-order valence-electron chi connectivity index (χ4n) is 5.90. The summed E-state index contributed by atoms with van der Waals surface area (Å²) in [7, 11) is 0. The van der Waals surface area contributed by atoms with Crippen molar-refractivity contribution in [3.8, 4) is 22.3 Å². The van der Waals surface area contributed by atoms with Gasteiger partial charge >= 0.3 is 5.97 Å². The Hall–Kier alpha value is -3.15. The number of carbonyl (C=O) groups is 1. The Bertz CT molecular complexity index is 1250. The number of rotatable bonds is 11. The lowest BCUT2D eigenvalue weighted by atomic mass is 9.77. The molecular weight excluding hydrogens is 504 g/mol. The van der Waals surface area contributed by atoms with Crippen LogP contribution in [0.5, 0.6) is 0 Å². The van der Waals surface area contributed by atoms with Crippen molar-refractivity contribution < 1.29 is 27.5 Å². The zero-order chi connectivity index (χ0) is 27.9. The van der Waals surface area contributed by atoms with Gasteiger partial charge in [0.25, 0.3) is 0 Å². The van der Waals surface area contributed by atoms with Gasteiger partial charge < -0.3 is 5.11 Å². The normalized spacial score (nSPS) is 17.4. The van der Waals surface area contributed by atoms with Crippen molar-refractivity contribution in [2.75, 3.05) is 0 Å². The number of hydrogen-bond donors (Lipinski definition) is 1. The number of hydrogen-bond acceptors (Lipinski definition) is 1. The van der Waals surface area contributed by atoms with Gasteiger partial charge in [0.2, 0.25) is 0 Å². The molecule has 0 unspecified atom stereocenters. The molecule has 4 rings (SSSR count). The van der Waals surface area contributed by atoms with Gasteiger partial charge in [0.15, 0.2) is 17.5 Å². The van der Waals surface area contributed by atoms with Crippen LogP contribution < -0.4 is 0 Å². The van der Waals surface area contributed by atoms with Gasteiger partial charge in [-0.1, -0.05) is 82.2 Å². The van der Waals surface area contributed by atoms with E-state index in [0.717, 1.165) is 24.8 Å². The van der Waals surface area contributed by atoms with Crippen LogP contribution in [0, 0.1) is 29.2 Å². The van der Waals surface area contributed by atoms with E-state index in [1.807, 2.05) is 24.3 Å². The Kier molecular flexibility index (Phi) is 9.82. The number of halogens is 4. The number of aromatic carboxylic acids is 1. The molecule has 0 amide bonds. The van der Waals surface area contributed by atoms with Gasteiger partial charge in [-0.2, -0.15) is 0 Å². The second-order valence-corrected chi connectivity index (χ2v) is 10.8. The van der Waals surface area contributed by atoms with Crippen LogP contribution in [0.25, 0.3) is 22.3 Å². The fraction of sp³-hybridized carbons (Fsp3) is 0.424. The van der Waals surface area contributed by atoms with Crippen molar-refractivity contribution in [3.63, 3.8) is 0 Å². The fourth-order valence-corrected chi connectivity index (χ4v) is 5.90. The quantitative estimate of drug-likeness (QED) is 0.149. The van der Waals surface area contributed by atoms with Crippen molar-refractivity contribution in [1.29, 1.82) is 0 Å². The Morgan fingerprint density at radius 2 is 1.38 bits per heavy atom. The van der Waals surface area contributed by atoms with Gasteiger partial charge in [-0.25, -0.2) is 22.4 Å². The molecule has 1 fully saturated rings. The van der Waals surface area contributed by atoms with Crippen LogP contribution in [-0.4, -0.2) is 11.1 Å². The van der Waals surface area contributed by atoms with Gasteiger partial charge in [0, 0.05) is 5.56 Å². The Morgan fingerprint density at radius 1 is 0.769 bits per heavy atom. The largest absolute Gasteiger partial charge is 0.478 e. The highest BCUT2D eigenvalue weighted by atomic mass is 19.2. The standard InChI is InChI=1S/C33H36F4O2/c1-2-3-4-5-6-7-8-21-9-11-22(12-10-21)23-13-15-24(16-14-23)26-17-18-27(33(38)39)31(36)30(26)25-19-28(34)32(37)29(35)20-25/h13-22H,2-12H2,1H3,(H,38,39). The molecule has 0 aliphatic heterocycles. The summed E-state index contributed by atoms with van der Waals surface area (Å²) in [6.07, 6.45) is 13.9. The first kappa shape index (κ1) is 28.8. The molecule has 0 atom stereocenters. The summed E-state index contributed by atoms with van der Waals surface area (Å²) in [5.41, 5.74) is 0.863. The minimum absolute atomic E-state index is 0.269. The summed E-state index contributed by atoms with van der Waals surface area (Å²) in [4.78, 5) is 11.5. The van der Waals surface area contributed by atoms with Crippen molar-refractivity contribution >= 4 is 5.97 Å². The SMILES string of the molecule is CCCCCCCCC1CCC(c2ccc(-c3ccc(C(=O)O)c(F)c3-c3cc(F)c(F)c(F)c3)cc2)CC1. The van der Waals surface area contributed by atoms with E-state index in [1.165, 1.54) is 69.4 Å². The topological polar surface area (TPSA) is 37.3 Å². The maximum Gasteiger partial charge on any atom is 0.338 e. The molecule has 1 aliphatic carbocycles. The smallest absolute Gasteiger partial charge is 0.338 e. The molecule has 1 aliphatic rings. The predicted molar refractivity (Wildman–Crippen MR) is 147 cm³/mol. The predicted octanol–water partition coefficient (Wildman–Crippen LogP) is 10.3. The molecule has 0 saturated heterocycles. The number of carboxylic acids is 1. The van der Waals surface area contributed by atoms with E-state index in [9.17, 15) is 23.1 Å². The third kappa shape index (κ3) is 6.90. The Balaban J connectivity index is 1.50. The van der Waals surface area contributed by atoms with E-state index < -0.39 is 34.8 Å². The summed E-state index contributed by atoms with van der Waals surface area (Å²) in [5, 5.41) is 9.39. The van der Waals surface area contributed by atoms with Crippen LogP contribution in [-0.2, 0) is 0 Å². The highest BCUT2D eigenvalue weighted by molar-refractivity contribution is 5.94. The Morgan fingerprint density at radius 3 is 2.00 bits per heavy atom. The van der Waals surface area contributed by atoms with Crippen LogP contribution >= 0.6 is 0 Å². The molecule has 2 nitrogen and oxygen atoms in total.